The molecule has 106 valence electrons. The van der Waals surface area contributed by atoms with Crippen LogP contribution < -0.4 is 10.6 Å². The Morgan fingerprint density at radius 1 is 1.25 bits per heavy atom. The molecule has 7 nitrogen and oxygen atoms in total. The molecule has 1 aromatic carbocycles. The molecule has 0 saturated carbocycles. The monoisotopic (exact) mass is 274 g/mol. The van der Waals surface area contributed by atoms with E-state index in [4.69, 9.17) is 0 Å². The number of carbonyl (C=O) groups is 1. The van der Waals surface area contributed by atoms with E-state index in [0.717, 1.165) is 54.0 Å². The first-order valence-corrected chi connectivity index (χ1v) is 6.90. The minimum Gasteiger partial charge on any atom is -0.307 e. The number of nitrogens with zero attached hydrogens (tertiary/aromatic N) is 3. The van der Waals surface area contributed by atoms with Crippen LogP contribution in [0.2, 0.25) is 0 Å². The van der Waals surface area contributed by atoms with Crippen molar-refractivity contribution in [2.45, 2.75) is 20.3 Å². The van der Waals surface area contributed by atoms with Crippen molar-refractivity contribution < 1.29 is 4.79 Å². The standard InChI is InChI=1S/C13H18N6O/c1-3-19(4-2)6-5-8-9-7-10-12(17-18-16-10)11(8)15-13(20)14-9/h7H,3-6H2,1-2H3,(H2,14,15,20)(H,16,17,18). The van der Waals surface area contributed by atoms with Gasteiger partial charge in [0.15, 0.2) is 0 Å². The predicted molar refractivity (Wildman–Crippen MR) is 78.0 cm³/mol. The lowest BCUT2D eigenvalue weighted by molar-refractivity contribution is 0.261. The first-order valence-electron chi connectivity index (χ1n) is 6.90. The van der Waals surface area contributed by atoms with E-state index in [1.165, 1.54) is 0 Å². The van der Waals surface area contributed by atoms with Crippen molar-refractivity contribution in [3.8, 4) is 0 Å². The molecule has 2 aromatic rings. The summed E-state index contributed by atoms with van der Waals surface area (Å²) in [6.45, 7) is 7.30. The zero-order valence-electron chi connectivity index (χ0n) is 11.7. The average Bonchev–Trinajstić information content (AvgIpc) is 2.88. The second-order valence-electron chi connectivity index (χ2n) is 4.84. The number of nitrogens with one attached hydrogen (secondary N) is 3. The summed E-state index contributed by atoms with van der Waals surface area (Å²) in [6.07, 6.45) is 0.864. The third-order valence-electron chi connectivity index (χ3n) is 3.79. The molecule has 1 aliphatic rings. The van der Waals surface area contributed by atoms with E-state index in [1.54, 1.807) is 0 Å². The van der Waals surface area contributed by atoms with Crippen LogP contribution in [0.1, 0.15) is 19.4 Å². The third-order valence-corrected chi connectivity index (χ3v) is 3.79. The Hall–Kier alpha value is -2.15. The number of urea groups is 1. The van der Waals surface area contributed by atoms with E-state index in [1.807, 2.05) is 6.07 Å². The van der Waals surface area contributed by atoms with Gasteiger partial charge in [-0.1, -0.05) is 19.1 Å². The van der Waals surface area contributed by atoms with Gasteiger partial charge in [0.05, 0.1) is 11.2 Å². The van der Waals surface area contributed by atoms with Gasteiger partial charge in [-0.05, 0) is 25.6 Å². The van der Waals surface area contributed by atoms with E-state index in [-0.39, 0.29) is 6.03 Å². The number of hydrogen-bond donors (Lipinski definition) is 3. The summed E-state index contributed by atoms with van der Waals surface area (Å²) in [5.41, 5.74) is 4.27. The molecule has 0 unspecified atom stereocenters. The number of hydrogen-bond acceptors (Lipinski definition) is 4. The maximum Gasteiger partial charge on any atom is 0.323 e. The molecule has 20 heavy (non-hydrogen) atoms. The highest BCUT2D eigenvalue weighted by Gasteiger charge is 2.23. The van der Waals surface area contributed by atoms with Gasteiger partial charge in [-0.25, -0.2) is 4.79 Å². The zero-order valence-corrected chi connectivity index (χ0v) is 11.7. The van der Waals surface area contributed by atoms with Crippen molar-refractivity contribution in [2.24, 2.45) is 0 Å². The zero-order chi connectivity index (χ0) is 14.1. The number of aromatic nitrogens is 3. The van der Waals surface area contributed by atoms with Gasteiger partial charge in [0.1, 0.15) is 5.52 Å². The first-order chi connectivity index (χ1) is 9.72. The molecule has 2 amide bonds. The molecule has 0 aliphatic carbocycles. The van der Waals surface area contributed by atoms with Crippen molar-refractivity contribution in [3.63, 3.8) is 0 Å². The van der Waals surface area contributed by atoms with Gasteiger partial charge >= 0.3 is 6.03 Å². The molecule has 2 bridgehead atoms. The number of anilines is 2. The van der Waals surface area contributed by atoms with Gasteiger partial charge in [-0.15, -0.1) is 5.10 Å². The highest BCUT2D eigenvalue weighted by Crippen LogP contribution is 2.35. The summed E-state index contributed by atoms with van der Waals surface area (Å²) >= 11 is 0. The molecule has 0 radical (unpaired) electrons. The van der Waals surface area contributed by atoms with E-state index in [0.29, 0.717) is 0 Å². The lowest BCUT2D eigenvalue weighted by Gasteiger charge is -2.24. The fraction of sp³-hybridized carbons (Fsp3) is 0.462. The normalized spacial score (nSPS) is 13.7. The van der Waals surface area contributed by atoms with Crippen LogP contribution in [0.25, 0.3) is 11.0 Å². The van der Waals surface area contributed by atoms with Crippen molar-refractivity contribution >= 4 is 28.4 Å². The lowest BCUT2D eigenvalue weighted by atomic mass is 10.0. The molecule has 7 heteroatoms. The second-order valence-corrected chi connectivity index (χ2v) is 4.84. The van der Waals surface area contributed by atoms with E-state index in [2.05, 4.69) is 44.8 Å². The van der Waals surface area contributed by atoms with E-state index < -0.39 is 0 Å². The van der Waals surface area contributed by atoms with Crippen molar-refractivity contribution in [2.75, 3.05) is 30.3 Å². The van der Waals surface area contributed by atoms with Crippen LogP contribution in [0.4, 0.5) is 16.2 Å². The molecule has 3 N–H and O–H groups in total. The molecule has 0 atom stereocenters. The van der Waals surface area contributed by atoms with Crippen molar-refractivity contribution in [1.82, 2.24) is 20.3 Å². The summed E-state index contributed by atoms with van der Waals surface area (Å²) in [5.74, 6) is 0. The molecule has 1 aliphatic heterocycles. The Morgan fingerprint density at radius 3 is 2.80 bits per heavy atom. The minimum absolute atomic E-state index is 0.216. The quantitative estimate of drug-likeness (QED) is 0.776. The highest BCUT2D eigenvalue weighted by atomic mass is 16.2. The molecule has 0 saturated heterocycles. The van der Waals surface area contributed by atoms with E-state index in [9.17, 15) is 4.79 Å². The van der Waals surface area contributed by atoms with Crippen molar-refractivity contribution in [3.05, 3.63) is 11.6 Å². The summed E-state index contributed by atoms with van der Waals surface area (Å²) < 4.78 is 0. The summed E-state index contributed by atoms with van der Waals surface area (Å²) in [5, 5.41) is 16.4. The van der Waals surface area contributed by atoms with Gasteiger partial charge in [0.2, 0.25) is 0 Å². The average molecular weight is 274 g/mol. The smallest absolute Gasteiger partial charge is 0.307 e. The number of carbonyl (C=O) groups excluding carboxylic acids is 1. The highest BCUT2D eigenvalue weighted by molar-refractivity contribution is 6.12. The summed E-state index contributed by atoms with van der Waals surface area (Å²) in [7, 11) is 0. The molecule has 0 fully saturated rings. The topological polar surface area (TPSA) is 85.9 Å². The molecule has 0 spiro atoms. The van der Waals surface area contributed by atoms with Crippen LogP contribution in [0, 0.1) is 0 Å². The van der Waals surface area contributed by atoms with Gasteiger partial charge in [-0.2, -0.15) is 0 Å². The van der Waals surface area contributed by atoms with Crippen LogP contribution in [0.5, 0.6) is 0 Å². The number of H-pyrrole nitrogens is 1. The van der Waals surface area contributed by atoms with Crippen LogP contribution >= 0.6 is 0 Å². The second kappa shape index (κ2) is 5.09. The number of benzene rings is 1. The number of fused-ring (bicyclic) bond motifs is 4. The van der Waals surface area contributed by atoms with Crippen molar-refractivity contribution in [1.29, 1.82) is 0 Å². The van der Waals surface area contributed by atoms with Crippen LogP contribution in [-0.4, -0.2) is 46.0 Å². The fourth-order valence-electron chi connectivity index (χ4n) is 2.61. The number of aromatic amines is 1. The molecule has 3 rings (SSSR count). The van der Waals surface area contributed by atoms with Gasteiger partial charge in [0.25, 0.3) is 0 Å². The van der Waals surface area contributed by atoms with Gasteiger partial charge in [-0.3, -0.25) is 5.10 Å². The lowest BCUT2D eigenvalue weighted by Crippen LogP contribution is -2.29. The summed E-state index contributed by atoms with van der Waals surface area (Å²) in [6, 6.07) is 1.68. The number of rotatable bonds is 5. The molecular weight excluding hydrogens is 256 g/mol. The molecule has 2 heterocycles. The Labute approximate surface area is 116 Å². The van der Waals surface area contributed by atoms with Crippen LogP contribution in [0.3, 0.4) is 0 Å². The van der Waals surface area contributed by atoms with Gasteiger partial charge in [0, 0.05) is 17.8 Å². The number of likely N-dealkylation sites (N-methyl/N-ethyl adjacent to an activating group) is 1. The molecule has 1 aromatic heterocycles. The number of amides is 2. The third kappa shape index (κ3) is 2.09. The minimum atomic E-state index is -0.216. The van der Waals surface area contributed by atoms with Crippen LogP contribution in [-0.2, 0) is 6.42 Å². The Kier molecular flexibility index (Phi) is 3.27. The maximum atomic E-state index is 11.6. The maximum absolute atomic E-state index is 11.6. The first kappa shape index (κ1) is 12.9. The van der Waals surface area contributed by atoms with E-state index >= 15 is 0 Å². The fourth-order valence-corrected chi connectivity index (χ4v) is 2.61. The largest absolute Gasteiger partial charge is 0.323 e. The van der Waals surface area contributed by atoms with Crippen LogP contribution in [0.15, 0.2) is 6.07 Å². The SMILES string of the molecule is CCN(CC)CCc1c2cc3[nH]nnc3c1NC(=O)N2. The Bertz CT molecular complexity index is 646. The Balaban J connectivity index is 1.97. The van der Waals surface area contributed by atoms with Gasteiger partial charge < -0.3 is 15.5 Å². The predicted octanol–water partition coefficient (Wildman–Crippen LogP) is 1.80. The Morgan fingerprint density at radius 2 is 2.05 bits per heavy atom. The molecular formula is C13H18N6O. The summed E-state index contributed by atoms with van der Waals surface area (Å²) in [4.78, 5) is 14.0.